The van der Waals surface area contributed by atoms with Crippen LogP contribution in [0.4, 0.5) is 5.69 Å². The van der Waals surface area contributed by atoms with Gasteiger partial charge in [-0.15, -0.1) is 0 Å². The molecule has 1 saturated heterocycles. The summed E-state index contributed by atoms with van der Waals surface area (Å²) in [6, 6.07) is 24.2. The van der Waals surface area contributed by atoms with Crippen LogP contribution in [-0.4, -0.2) is 29.6 Å². The summed E-state index contributed by atoms with van der Waals surface area (Å²) < 4.78 is 5.44. The number of ether oxygens (including phenoxy) is 1. The molecule has 0 atom stereocenters. The van der Waals surface area contributed by atoms with Gasteiger partial charge in [-0.2, -0.15) is 0 Å². The summed E-state index contributed by atoms with van der Waals surface area (Å²) in [5.74, 6) is 0.792. The van der Waals surface area contributed by atoms with Gasteiger partial charge in [-0.25, -0.2) is 4.99 Å². The van der Waals surface area contributed by atoms with Gasteiger partial charge in [0, 0.05) is 6.54 Å². The van der Waals surface area contributed by atoms with Crippen LogP contribution in [0.15, 0.2) is 82.7 Å². The number of aryl methyl sites for hydroxylation is 2. The predicted octanol–water partition coefficient (Wildman–Crippen LogP) is 6.16. The van der Waals surface area contributed by atoms with Crippen molar-refractivity contribution in [3.05, 3.63) is 100.0 Å². The summed E-state index contributed by atoms with van der Waals surface area (Å²) in [7, 11) is 1.66. The average Bonchev–Trinajstić information content (AvgIpc) is 3.09. The third-order valence-corrected chi connectivity index (χ3v) is 6.35. The minimum atomic E-state index is -0.0173. The van der Waals surface area contributed by atoms with Crippen molar-refractivity contribution in [1.29, 1.82) is 0 Å². The molecule has 3 aromatic carbocycles. The predicted molar refractivity (Wildman–Crippen MR) is 133 cm³/mol. The fourth-order valence-electron chi connectivity index (χ4n) is 3.48. The zero-order chi connectivity index (χ0) is 22.5. The van der Waals surface area contributed by atoms with Gasteiger partial charge < -0.3 is 4.74 Å². The number of hydrogen-bond donors (Lipinski definition) is 0. The zero-order valence-corrected chi connectivity index (χ0v) is 19.4. The van der Waals surface area contributed by atoms with Gasteiger partial charge in [0.2, 0.25) is 0 Å². The van der Waals surface area contributed by atoms with Gasteiger partial charge in [0.05, 0.1) is 17.7 Å². The van der Waals surface area contributed by atoms with Crippen molar-refractivity contribution in [3.8, 4) is 5.75 Å². The van der Waals surface area contributed by atoms with Crippen LogP contribution in [0.5, 0.6) is 5.75 Å². The van der Waals surface area contributed by atoms with Crippen molar-refractivity contribution in [3.63, 3.8) is 0 Å². The van der Waals surface area contributed by atoms with E-state index in [0.29, 0.717) is 16.6 Å². The maximum Gasteiger partial charge on any atom is 0.266 e. The maximum absolute atomic E-state index is 13.3. The molecule has 5 heteroatoms. The smallest absolute Gasteiger partial charge is 0.266 e. The summed E-state index contributed by atoms with van der Waals surface area (Å²) in [6.07, 6.45) is 2.69. The van der Waals surface area contributed by atoms with Crippen LogP contribution in [-0.2, 0) is 11.2 Å². The molecule has 1 heterocycles. The van der Waals surface area contributed by atoms with Crippen molar-refractivity contribution >= 4 is 34.6 Å². The summed E-state index contributed by atoms with van der Waals surface area (Å²) in [4.78, 5) is 20.6. The van der Waals surface area contributed by atoms with Crippen LogP contribution in [0.1, 0.15) is 22.3 Å². The van der Waals surface area contributed by atoms with E-state index < -0.39 is 0 Å². The Balaban J connectivity index is 1.64. The second-order valence-corrected chi connectivity index (χ2v) is 8.77. The highest BCUT2D eigenvalue weighted by molar-refractivity contribution is 8.18. The standard InChI is InChI=1S/C27H26N2O2S/c1-19-9-13-23(14-10-19)28-27-29(16-15-21-7-5-4-6-8-21)26(30)25(32-27)18-22-12-11-20(2)24(17-22)31-3/h4-14,17-18H,15-16H2,1-3H3. The maximum atomic E-state index is 13.3. The Labute approximate surface area is 193 Å². The molecule has 162 valence electrons. The van der Waals surface area contributed by atoms with Crippen LogP contribution in [0.2, 0.25) is 0 Å². The Morgan fingerprint density at radius 3 is 2.47 bits per heavy atom. The molecule has 1 fully saturated rings. The summed E-state index contributed by atoms with van der Waals surface area (Å²) >= 11 is 1.42. The molecule has 32 heavy (non-hydrogen) atoms. The lowest BCUT2D eigenvalue weighted by molar-refractivity contribution is -0.122. The molecule has 3 aromatic rings. The highest BCUT2D eigenvalue weighted by atomic mass is 32.2. The molecule has 0 aliphatic carbocycles. The zero-order valence-electron chi connectivity index (χ0n) is 18.5. The normalized spacial score (nSPS) is 16.2. The number of amidine groups is 1. The number of carbonyl (C=O) groups is 1. The summed E-state index contributed by atoms with van der Waals surface area (Å²) in [5.41, 5.74) is 5.21. The fourth-order valence-corrected chi connectivity index (χ4v) is 4.51. The van der Waals surface area contributed by atoms with Gasteiger partial charge in [-0.1, -0.05) is 60.2 Å². The van der Waals surface area contributed by atoms with E-state index in [4.69, 9.17) is 9.73 Å². The number of benzene rings is 3. The fraction of sp³-hybridized carbons (Fsp3) is 0.185. The van der Waals surface area contributed by atoms with Gasteiger partial charge in [0.25, 0.3) is 5.91 Å². The lowest BCUT2D eigenvalue weighted by atomic mass is 10.1. The number of nitrogens with zero attached hydrogens (tertiary/aromatic N) is 2. The first-order chi connectivity index (χ1) is 15.5. The van der Waals surface area contributed by atoms with E-state index in [1.54, 1.807) is 12.0 Å². The number of rotatable bonds is 6. The Kier molecular flexibility index (Phi) is 6.76. The summed E-state index contributed by atoms with van der Waals surface area (Å²) in [5, 5.41) is 0.708. The van der Waals surface area contributed by atoms with Crippen LogP contribution < -0.4 is 4.74 Å². The molecular weight excluding hydrogens is 416 g/mol. The van der Waals surface area contributed by atoms with Gasteiger partial charge in [0.1, 0.15) is 5.75 Å². The van der Waals surface area contributed by atoms with Gasteiger partial charge in [-0.05, 0) is 73.0 Å². The number of carbonyl (C=O) groups excluding carboxylic acids is 1. The third-order valence-electron chi connectivity index (χ3n) is 5.34. The van der Waals surface area contributed by atoms with E-state index in [1.807, 2.05) is 80.6 Å². The Morgan fingerprint density at radius 2 is 1.75 bits per heavy atom. The molecule has 4 rings (SSSR count). The Bertz CT molecular complexity index is 1170. The lowest BCUT2D eigenvalue weighted by Crippen LogP contribution is -2.31. The molecule has 0 radical (unpaired) electrons. The van der Waals surface area contributed by atoms with Crippen LogP contribution in [0.25, 0.3) is 6.08 Å². The molecular formula is C27H26N2O2S. The van der Waals surface area contributed by atoms with Crippen LogP contribution >= 0.6 is 11.8 Å². The van der Waals surface area contributed by atoms with E-state index in [9.17, 15) is 4.79 Å². The molecule has 0 unspecified atom stereocenters. The molecule has 0 spiro atoms. The van der Waals surface area contributed by atoms with Crippen molar-refractivity contribution in [2.45, 2.75) is 20.3 Å². The lowest BCUT2D eigenvalue weighted by Gasteiger charge is -2.15. The minimum Gasteiger partial charge on any atom is -0.496 e. The monoisotopic (exact) mass is 442 g/mol. The molecule has 4 nitrogen and oxygen atoms in total. The Morgan fingerprint density at radius 1 is 1.00 bits per heavy atom. The largest absolute Gasteiger partial charge is 0.496 e. The van der Waals surface area contributed by atoms with Crippen molar-refractivity contribution < 1.29 is 9.53 Å². The highest BCUT2D eigenvalue weighted by Crippen LogP contribution is 2.35. The number of thioether (sulfide) groups is 1. The number of hydrogen-bond acceptors (Lipinski definition) is 4. The van der Waals surface area contributed by atoms with Crippen molar-refractivity contribution in [1.82, 2.24) is 4.90 Å². The minimum absolute atomic E-state index is 0.0173. The first kappa shape index (κ1) is 21.9. The molecule has 1 aliphatic rings. The second-order valence-electron chi connectivity index (χ2n) is 7.76. The SMILES string of the molecule is COc1cc(C=C2SC(=Nc3ccc(C)cc3)N(CCc3ccccc3)C2=O)ccc1C. The van der Waals surface area contributed by atoms with Crippen LogP contribution in [0.3, 0.4) is 0 Å². The Hall–Kier alpha value is -3.31. The van der Waals surface area contributed by atoms with Gasteiger partial charge >= 0.3 is 0 Å². The summed E-state index contributed by atoms with van der Waals surface area (Å²) in [6.45, 7) is 4.63. The first-order valence-corrected chi connectivity index (χ1v) is 11.4. The quantitative estimate of drug-likeness (QED) is 0.430. The van der Waals surface area contributed by atoms with E-state index in [2.05, 4.69) is 12.1 Å². The van der Waals surface area contributed by atoms with Crippen LogP contribution in [0, 0.1) is 13.8 Å². The van der Waals surface area contributed by atoms with Crippen molar-refractivity contribution in [2.75, 3.05) is 13.7 Å². The molecule has 0 saturated carbocycles. The van der Waals surface area contributed by atoms with E-state index in [1.165, 1.54) is 22.9 Å². The molecule has 1 amide bonds. The second kappa shape index (κ2) is 9.88. The topological polar surface area (TPSA) is 41.9 Å². The first-order valence-electron chi connectivity index (χ1n) is 10.6. The molecule has 0 bridgehead atoms. The average molecular weight is 443 g/mol. The third kappa shape index (κ3) is 5.11. The molecule has 0 N–H and O–H groups in total. The van der Waals surface area contributed by atoms with Crippen molar-refractivity contribution in [2.24, 2.45) is 4.99 Å². The van der Waals surface area contributed by atoms with E-state index in [-0.39, 0.29) is 5.91 Å². The highest BCUT2D eigenvalue weighted by Gasteiger charge is 2.33. The molecule has 1 aliphatic heterocycles. The number of aliphatic imine (C=N–C) groups is 1. The number of methoxy groups -OCH3 is 1. The van der Waals surface area contributed by atoms with E-state index in [0.717, 1.165) is 29.0 Å². The van der Waals surface area contributed by atoms with E-state index >= 15 is 0 Å². The number of amides is 1. The van der Waals surface area contributed by atoms with Gasteiger partial charge in [0.15, 0.2) is 5.17 Å². The molecule has 0 aromatic heterocycles. The van der Waals surface area contributed by atoms with Gasteiger partial charge in [-0.3, -0.25) is 9.69 Å².